The average Bonchev–Trinajstić information content (AvgIpc) is 3.60. The maximum atomic E-state index is 13.1. The molecule has 5 rings (SSSR count). The van der Waals surface area contributed by atoms with Crippen LogP contribution in [-0.2, 0) is 0 Å². The van der Waals surface area contributed by atoms with Crippen molar-refractivity contribution in [3.63, 3.8) is 0 Å². The lowest BCUT2D eigenvalue weighted by molar-refractivity contribution is 0.403. The predicted octanol–water partition coefficient (Wildman–Crippen LogP) is 2.99. The third kappa shape index (κ3) is 5.40. The highest BCUT2D eigenvalue weighted by Gasteiger charge is 2.25. The van der Waals surface area contributed by atoms with Gasteiger partial charge < -0.3 is 15.1 Å². The number of aromatic nitrogens is 5. The second-order valence-electron chi connectivity index (χ2n) is 9.93. The summed E-state index contributed by atoms with van der Waals surface area (Å²) in [4.78, 5) is 21.9. The minimum absolute atomic E-state index is 0.0339. The normalized spacial score (nSPS) is 19.1. The van der Waals surface area contributed by atoms with E-state index in [9.17, 15) is 4.79 Å². The van der Waals surface area contributed by atoms with Crippen LogP contribution in [-0.4, -0.2) is 63.8 Å². The molecule has 1 saturated heterocycles. The van der Waals surface area contributed by atoms with Gasteiger partial charge in [-0.2, -0.15) is 0 Å². The molecule has 9 heteroatoms. The summed E-state index contributed by atoms with van der Waals surface area (Å²) in [5.41, 5.74) is 3.63. The highest BCUT2D eigenvalue weighted by atomic mass is 16.1. The number of anilines is 2. The number of nitrogens with zero attached hydrogens (tertiary/aromatic N) is 7. The van der Waals surface area contributed by atoms with Gasteiger partial charge in [0.25, 0.3) is 5.56 Å². The molecule has 1 saturated carbocycles. The van der Waals surface area contributed by atoms with Crippen molar-refractivity contribution in [3.8, 4) is 11.3 Å². The molecule has 1 N–H and O–H groups in total. The van der Waals surface area contributed by atoms with E-state index in [1.54, 1.807) is 21.5 Å². The number of pyridine rings is 2. The molecular weight excluding hydrogens is 440 g/mol. The molecule has 1 aliphatic carbocycles. The molecule has 0 radical (unpaired) electrons. The fourth-order valence-electron chi connectivity index (χ4n) is 4.70. The Kier molecular flexibility index (Phi) is 6.86. The van der Waals surface area contributed by atoms with Crippen LogP contribution in [0.5, 0.6) is 0 Å². The van der Waals surface area contributed by atoms with E-state index in [1.165, 1.54) is 19.3 Å². The molecule has 4 heterocycles. The Morgan fingerprint density at radius 3 is 2.86 bits per heavy atom. The Balaban J connectivity index is 1.28. The molecule has 186 valence electrons. The van der Waals surface area contributed by atoms with Crippen LogP contribution in [0.4, 0.5) is 11.4 Å². The SMILES string of the molecule is CCN(C)c1cncc(-c2cn(C(C)n3ccc(N4CCC[C@@H](NCC5CC5)C4)cc3=O)nn2)c1. The van der Waals surface area contributed by atoms with Crippen LogP contribution in [0, 0.1) is 5.92 Å². The quantitative estimate of drug-likeness (QED) is 0.508. The van der Waals surface area contributed by atoms with Crippen LogP contribution < -0.4 is 20.7 Å². The van der Waals surface area contributed by atoms with Crippen molar-refractivity contribution >= 4 is 11.4 Å². The fraction of sp³-hybridized carbons (Fsp3) is 0.538. The molecule has 0 amide bonds. The molecule has 1 unspecified atom stereocenters. The standard InChI is InChI=1S/C26H36N8O/c1-4-31(3)24-12-21(15-27-16-24)25-18-34(30-29-25)19(2)33-11-9-23(13-26(33)35)32-10-5-6-22(17-32)28-14-20-7-8-20/h9,11-13,15-16,18-20,22,28H,4-8,10,14,17H2,1-3H3/t19?,22-/m1/s1. The first-order chi connectivity index (χ1) is 17.0. The molecule has 3 aromatic heterocycles. The van der Waals surface area contributed by atoms with Gasteiger partial charge in [0.1, 0.15) is 11.9 Å². The van der Waals surface area contributed by atoms with Gasteiger partial charge in [-0.1, -0.05) is 5.21 Å². The van der Waals surface area contributed by atoms with Gasteiger partial charge in [0.05, 0.1) is 18.1 Å². The molecular formula is C26H36N8O. The zero-order valence-electron chi connectivity index (χ0n) is 21.0. The minimum atomic E-state index is -0.290. The van der Waals surface area contributed by atoms with Crippen LogP contribution >= 0.6 is 0 Å². The summed E-state index contributed by atoms with van der Waals surface area (Å²) in [7, 11) is 2.03. The van der Waals surface area contributed by atoms with Crippen LogP contribution in [0.25, 0.3) is 11.3 Å². The topological polar surface area (TPSA) is 84.1 Å². The smallest absolute Gasteiger partial charge is 0.254 e. The highest BCUT2D eigenvalue weighted by molar-refractivity contribution is 5.62. The lowest BCUT2D eigenvalue weighted by atomic mass is 10.0. The third-order valence-corrected chi connectivity index (χ3v) is 7.34. The van der Waals surface area contributed by atoms with Crippen molar-refractivity contribution in [2.75, 3.05) is 43.0 Å². The van der Waals surface area contributed by atoms with Crippen molar-refractivity contribution in [2.24, 2.45) is 5.92 Å². The highest BCUT2D eigenvalue weighted by Crippen LogP contribution is 2.28. The monoisotopic (exact) mass is 476 g/mol. The van der Waals surface area contributed by atoms with E-state index >= 15 is 0 Å². The summed E-state index contributed by atoms with van der Waals surface area (Å²) in [6.45, 7) is 8.03. The van der Waals surface area contributed by atoms with E-state index in [0.29, 0.717) is 6.04 Å². The van der Waals surface area contributed by atoms with E-state index in [2.05, 4.69) is 43.4 Å². The molecule has 2 fully saturated rings. The van der Waals surface area contributed by atoms with Gasteiger partial charge in [-0.25, -0.2) is 4.68 Å². The summed E-state index contributed by atoms with van der Waals surface area (Å²) in [5, 5.41) is 12.4. The zero-order chi connectivity index (χ0) is 24.4. The second-order valence-corrected chi connectivity index (χ2v) is 9.93. The summed E-state index contributed by atoms with van der Waals surface area (Å²) < 4.78 is 3.43. The molecule has 35 heavy (non-hydrogen) atoms. The Morgan fingerprint density at radius 2 is 2.09 bits per heavy atom. The lowest BCUT2D eigenvalue weighted by Gasteiger charge is -2.35. The molecule has 1 aliphatic heterocycles. The Morgan fingerprint density at radius 1 is 1.23 bits per heavy atom. The molecule has 2 atom stereocenters. The molecule has 3 aromatic rings. The van der Waals surface area contributed by atoms with Gasteiger partial charge in [0.15, 0.2) is 0 Å². The third-order valence-electron chi connectivity index (χ3n) is 7.34. The largest absolute Gasteiger partial charge is 0.374 e. The first kappa shape index (κ1) is 23.5. The number of rotatable bonds is 9. The van der Waals surface area contributed by atoms with E-state index in [4.69, 9.17) is 0 Å². The van der Waals surface area contributed by atoms with Crippen LogP contribution in [0.15, 0.2) is 47.8 Å². The first-order valence-corrected chi connectivity index (χ1v) is 12.8. The van der Waals surface area contributed by atoms with Crippen molar-refractivity contribution in [2.45, 2.75) is 51.7 Å². The average molecular weight is 477 g/mol. The van der Waals surface area contributed by atoms with E-state index in [1.807, 2.05) is 38.6 Å². The van der Waals surface area contributed by atoms with E-state index in [0.717, 1.165) is 61.1 Å². The van der Waals surface area contributed by atoms with Crippen LogP contribution in [0.3, 0.4) is 0 Å². The predicted molar refractivity (Wildman–Crippen MR) is 139 cm³/mol. The van der Waals surface area contributed by atoms with Crippen molar-refractivity contribution in [1.29, 1.82) is 0 Å². The van der Waals surface area contributed by atoms with E-state index < -0.39 is 0 Å². The summed E-state index contributed by atoms with van der Waals surface area (Å²) >= 11 is 0. The second kappa shape index (κ2) is 10.2. The number of hydrogen-bond acceptors (Lipinski definition) is 7. The van der Waals surface area contributed by atoms with Gasteiger partial charge in [0, 0.05) is 62.4 Å². The maximum absolute atomic E-state index is 13.1. The van der Waals surface area contributed by atoms with Gasteiger partial charge in [0.2, 0.25) is 0 Å². The Bertz CT molecular complexity index is 1200. The lowest BCUT2D eigenvalue weighted by Crippen LogP contribution is -2.46. The van der Waals surface area contributed by atoms with Crippen LogP contribution in [0.1, 0.15) is 45.7 Å². The molecule has 9 nitrogen and oxygen atoms in total. The minimum Gasteiger partial charge on any atom is -0.374 e. The number of hydrogen-bond donors (Lipinski definition) is 1. The zero-order valence-corrected chi connectivity index (χ0v) is 21.0. The first-order valence-electron chi connectivity index (χ1n) is 12.8. The van der Waals surface area contributed by atoms with Crippen molar-refractivity contribution in [1.82, 2.24) is 29.9 Å². The molecule has 0 spiro atoms. The number of nitrogens with one attached hydrogen (secondary N) is 1. The summed E-state index contributed by atoms with van der Waals surface area (Å²) in [6, 6.07) is 6.37. The maximum Gasteiger partial charge on any atom is 0.254 e. The molecule has 0 aromatic carbocycles. The van der Waals surface area contributed by atoms with Gasteiger partial charge in [-0.3, -0.25) is 14.3 Å². The molecule has 2 aliphatic rings. The number of piperidine rings is 1. The van der Waals surface area contributed by atoms with Crippen LogP contribution in [0.2, 0.25) is 0 Å². The van der Waals surface area contributed by atoms with Gasteiger partial charge >= 0.3 is 0 Å². The summed E-state index contributed by atoms with van der Waals surface area (Å²) in [6.07, 6.45) is 12.2. The van der Waals surface area contributed by atoms with Crippen molar-refractivity contribution in [3.05, 3.63) is 53.3 Å². The van der Waals surface area contributed by atoms with E-state index in [-0.39, 0.29) is 11.7 Å². The van der Waals surface area contributed by atoms with Gasteiger partial charge in [-0.05, 0) is 64.1 Å². The fourth-order valence-corrected chi connectivity index (χ4v) is 4.70. The Hall–Kier alpha value is -3.20. The summed E-state index contributed by atoms with van der Waals surface area (Å²) in [5.74, 6) is 0.881. The Labute approximate surface area is 206 Å². The molecule has 0 bridgehead atoms. The van der Waals surface area contributed by atoms with Gasteiger partial charge in [-0.15, -0.1) is 5.10 Å². The van der Waals surface area contributed by atoms with Crippen molar-refractivity contribution < 1.29 is 0 Å².